The number of hydrogen-bond acceptors (Lipinski definition) is 3. The Hall–Kier alpha value is -4.11. The molecule has 0 atom stereocenters. The smallest absolute Gasteiger partial charge is 0.164 e. The molecule has 1 aromatic heterocycles. The molecule has 0 amide bonds. The number of aryl methyl sites for hydroxylation is 1. The molecule has 0 aliphatic rings. The van der Waals surface area contributed by atoms with Crippen LogP contribution in [0.3, 0.4) is 0 Å². The summed E-state index contributed by atoms with van der Waals surface area (Å²) in [5.74, 6) is 2.01. The van der Waals surface area contributed by atoms with E-state index >= 15 is 0 Å². The normalized spacial score (nSPS) is 10.7. The molecule has 0 bridgehead atoms. The van der Waals surface area contributed by atoms with Crippen LogP contribution in [0.5, 0.6) is 0 Å². The van der Waals surface area contributed by atoms with Crippen molar-refractivity contribution in [1.82, 2.24) is 15.0 Å². The van der Waals surface area contributed by atoms with E-state index in [0.29, 0.717) is 17.5 Å². The zero-order valence-electron chi connectivity index (χ0n) is 17.2. The van der Waals surface area contributed by atoms with Gasteiger partial charge in [-0.3, -0.25) is 0 Å². The predicted octanol–water partition coefficient (Wildman–Crippen LogP) is 6.85. The van der Waals surface area contributed by atoms with Crippen molar-refractivity contribution < 1.29 is 0 Å². The van der Waals surface area contributed by atoms with Gasteiger partial charge in [0.25, 0.3) is 0 Å². The average Bonchev–Trinajstić information content (AvgIpc) is 2.85. The van der Waals surface area contributed by atoms with E-state index in [0.717, 1.165) is 22.3 Å². The molecule has 1 heterocycles. The van der Waals surface area contributed by atoms with Crippen molar-refractivity contribution in [2.75, 3.05) is 0 Å². The summed E-state index contributed by atoms with van der Waals surface area (Å²) in [4.78, 5) is 14.4. The summed E-state index contributed by atoms with van der Waals surface area (Å²) in [5, 5.41) is 0. The third kappa shape index (κ3) is 4.12. The molecule has 0 saturated carbocycles. The van der Waals surface area contributed by atoms with Crippen molar-refractivity contribution in [2.45, 2.75) is 6.92 Å². The molecule has 31 heavy (non-hydrogen) atoms. The number of nitrogens with zero attached hydrogens (tertiary/aromatic N) is 3. The Labute approximate surface area is 182 Å². The fourth-order valence-electron chi connectivity index (χ4n) is 3.60. The van der Waals surface area contributed by atoms with E-state index in [2.05, 4.69) is 55.5 Å². The van der Waals surface area contributed by atoms with Gasteiger partial charge in [-0.1, -0.05) is 109 Å². The molecule has 3 heteroatoms. The first-order valence-corrected chi connectivity index (χ1v) is 10.3. The van der Waals surface area contributed by atoms with Crippen molar-refractivity contribution in [3.63, 3.8) is 0 Å². The van der Waals surface area contributed by atoms with Crippen LogP contribution < -0.4 is 0 Å². The number of benzene rings is 4. The summed E-state index contributed by atoms with van der Waals surface area (Å²) < 4.78 is 0. The molecule has 5 aromatic rings. The highest BCUT2D eigenvalue weighted by Gasteiger charge is 2.12. The van der Waals surface area contributed by atoms with Gasteiger partial charge in [-0.25, -0.2) is 15.0 Å². The first-order chi connectivity index (χ1) is 15.3. The lowest BCUT2D eigenvalue weighted by molar-refractivity contribution is 1.07. The maximum absolute atomic E-state index is 4.83. The van der Waals surface area contributed by atoms with Gasteiger partial charge in [0.1, 0.15) is 0 Å². The van der Waals surface area contributed by atoms with Crippen LogP contribution in [0.25, 0.3) is 45.3 Å². The van der Waals surface area contributed by atoms with Gasteiger partial charge >= 0.3 is 0 Å². The first kappa shape index (κ1) is 18.9. The van der Waals surface area contributed by atoms with Gasteiger partial charge in [0.05, 0.1) is 0 Å². The first-order valence-electron chi connectivity index (χ1n) is 10.3. The molecule has 4 aromatic carbocycles. The van der Waals surface area contributed by atoms with Crippen molar-refractivity contribution in [3.05, 3.63) is 115 Å². The molecule has 148 valence electrons. The molecule has 0 unspecified atom stereocenters. The van der Waals surface area contributed by atoms with E-state index in [4.69, 9.17) is 15.0 Å². The summed E-state index contributed by atoms with van der Waals surface area (Å²) in [5.41, 5.74) is 6.47. The summed E-state index contributed by atoms with van der Waals surface area (Å²) >= 11 is 0. The predicted molar refractivity (Wildman–Crippen MR) is 126 cm³/mol. The highest BCUT2D eigenvalue weighted by atomic mass is 15.0. The minimum Gasteiger partial charge on any atom is -0.208 e. The number of rotatable bonds is 4. The Balaban J connectivity index is 1.66. The van der Waals surface area contributed by atoms with Gasteiger partial charge in [-0.2, -0.15) is 0 Å². The SMILES string of the molecule is Cc1cccc(-c2cccc(-c3nc(-c4ccccc4)nc(-c4ccccc4)n3)c2)c1. The minimum atomic E-state index is 0.669. The average molecular weight is 399 g/mol. The molecule has 0 radical (unpaired) electrons. The van der Waals surface area contributed by atoms with Gasteiger partial charge in [-0.15, -0.1) is 0 Å². The fourth-order valence-corrected chi connectivity index (χ4v) is 3.60. The monoisotopic (exact) mass is 399 g/mol. The van der Waals surface area contributed by atoms with Crippen LogP contribution in [0, 0.1) is 6.92 Å². The zero-order chi connectivity index (χ0) is 21.0. The quantitative estimate of drug-likeness (QED) is 0.332. The second kappa shape index (κ2) is 8.33. The van der Waals surface area contributed by atoms with E-state index in [1.165, 1.54) is 11.1 Å². The van der Waals surface area contributed by atoms with Crippen LogP contribution in [0.4, 0.5) is 0 Å². The molecule has 0 fully saturated rings. The molecule has 0 aliphatic carbocycles. The van der Waals surface area contributed by atoms with Crippen LogP contribution in [-0.4, -0.2) is 15.0 Å². The summed E-state index contributed by atoms with van der Waals surface area (Å²) in [6.45, 7) is 2.11. The largest absolute Gasteiger partial charge is 0.208 e. The Kier molecular flexibility index (Phi) is 5.07. The van der Waals surface area contributed by atoms with Crippen molar-refractivity contribution in [2.24, 2.45) is 0 Å². The Morgan fingerprint density at radius 2 is 0.806 bits per heavy atom. The third-order valence-corrected chi connectivity index (χ3v) is 5.17. The molecule has 5 rings (SSSR count). The Bertz CT molecular complexity index is 1270. The Morgan fingerprint density at radius 3 is 1.35 bits per heavy atom. The molecule has 0 saturated heterocycles. The lowest BCUT2D eigenvalue weighted by Gasteiger charge is -2.10. The van der Waals surface area contributed by atoms with E-state index < -0.39 is 0 Å². The molecular formula is C28H21N3. The summed E-state index contributed by atoms with van der Waals surface area (Å²) in [6.07, 6.45) is 0. The lowest BCUT2D eigenvalue weighted by atomic mass is 10.0. The standard InChI is InChI=1S/C28H21N3/c1-20-10-8-15-23(18-20)24-16-9-17-25(19-24)28-30-26(21-11-4-2-5-12-21)29-27(31-28)22-13-6-3-7-14-22/h2-19H,1H3. The summed E-state index contributed by atoms with van der Waals surface area (Å²) in [7, 11) is 0. The van der Waals surface area contributed by atoms with Crippen LogP contribution in [0.15, 0.2) is 109 Å². The van der Waals surface area contributed by atoms with E-state index in [1.54, 1.807) is 0 Å². The van der Waals surface area contributed by atoms with E-state index in [-0.39, 0.29) is 0 Å². The molecule has 0 N–H and O–H groups in total. The zero-order valence-corrected chi connectivity index (χ0v) is 17.2. The van der Waals surface area contributed by atoms with Crippen molar-refractivity contribution >= 4 is 0 Å². The van der Waals surface area contributed by atoms with Gasteiger partial charge in [0, 0.05) is 16.7 Å². The van der Waals surface area contributed by atoms with Crippen LogP contribution in [-0.2, 0) is 0 Å². The molecular weight excluding hydrogens is 378 g/mol. The van der Waals surface area contributed by atoms with E-state index in [9.17, 15) is 0 Å². The van der Waals surface area contributed by atoms with E-state index in [1.807, 2.05) is 60.7 Å². The third-order valence-electron chi connectivity index (χ3n) is 5.17. The van der Waals surface area contributed by atoms with Gasteiger partial charge in [0.15, 0.2) is 17.5 Å². The lowest BCUT2D eigenvalue weighted by Crippen LogP contribution is -2.00. The van der Waals surface area contributed by atoms with Crippen molar-refractivity contribution in [3.8, 4) is 45.3 Å². The molecule has 0 aliphatic heterocycles. The number of aromatic nitrogens is 3. The highest BCUT2D eigenvalue weighted by molar-refractivity contribution is 5.72. The van der Waals surface area contributed by atoms with Crippen LogP contribution >= 0.6 is 0 Å². The van der Waals surface area contributed by atoms with Crippen LogP contribution in [0.2, 0.25) is 0 Å². The topological polar surface area (TPSA) is 38.7 Å². The van der Waals surface area contributed by atoms with Crippen LogP contribution in [0.1, 0.15) is 5.56 Å². The van der Waals surface area contributed by atoms with Crippen molar-refractivity contribution in [1.29, 1.82) is 0 Å². The minimum absolute atomic E-state index is 0.669. The number of hydrogen-bond donors (Lipinski definition) is 0. The van der Waals surface area contributed by atoms with Gasteiger partial charge in [-0.05, 0) is 24.1 Å². The fraction of sp³-hybridized carbons (Fsp3) is 0.0357. The second-order valence-electron chi connectivity index (χ2n) is 7.49. The highest BCUT2D eigenvalue weighted by Crippen LogP contribution is 2.28. The van der Waals surface area contributed by atoms with Gasteiger partial charge in [0.2, 0.25) is 0 Å². The molecule has 0 spiro atoms. The maximum Gasteiger partial charge on any atom is 0.164 e. The summed E-state index contributed by atoms with van der Waals surface area (Å²) in [6, 6.07) is 37.0. The molecule has 3 nitrogen and oxygen atoms in total. The maximum atomic E-state index is 4.83. The van der Waals surface area contributed by atoms with Gasteiger partial charge < -0.3 is 0 Å². The Morgan fingerprint density at radius 1 is 0.387 bits per heavy atom. The second-order valence-corrected chi connectivity index (χ2v) is 7.49.